The molecule has 3 heteroatoms. The minimum Gasteiger partial charge on any atom is -0.480 e. The maximum absolute atomic E-state index is 11.0. The molecule has 0 heterocycles. The summed E-state index contributed by atoms with van der Waals surface area (Å²) in [6.45, 7) is 3.29. The molecule has 1 fully saturated rings. The Kier molecular flexibility index (Phi) is 5.60. The van der Waals surface area contributed by atoms with Crippen molar-refractivity contribution >= 4 is 5.97 Å². The number of nitrogens with zero attached hydrogens (tertiary/aromatic N) is 1. The molecule has 2 rings (SSSR count). The van der Waals surface area contributed by atoms with E-state index in [0.29, 0.717) is 12.0 Å². The molecule has 1 aliphatic rings. The molecular weight excluding hydrogens is 250 g/mol. The fraction of sp³-hybridized carbons (Fsp3) is 0.588. The molecule has 1 N–H and O–H groups in total. The van der Waals surface area contributed by atoms with E-state index in [0.717, 1.165) is 25.8 Å². The van der Waals surface area contributed by atoms with Gasteiger partial charge in [-0.2, -0.15) is 0 Å². The first-order chi connectivity index (χ1) is 9.66. The molecule has 3 nitrogen and oxygen atoms in total. The highest BCUT2D eigenvalue weighted by molar-refractivity contribution is 5.69. The lowest BCUT2D eigenvalue weighted by atomic mass is 9.97. The molecule has 0 amide bonds. The minimum atomic E-state index is -0.704. The van der Waals surface area contributed by atoms with Crippen LogP contribution in [0.2, 0.25) is 0 Å². The predicted octanol–water partition coefficient (Wildman–Crippen LogP) is 3.51. The molecule has 0 bridgehead atoms. The molecule has 1 saturated carbocycles. The molecule has 1 unspecified atom stereocenters. The van der Waals surface area contributed by atoms with Crippen LogP contribution in [0, 0.1) is 0 Å². The van der Waals surface area contributed by atoms with E-state index in [9.17, 15) is 4.79 Å². The van der Waals surface area contributed by atoms with Crippen molar-refractivity contribution in [3.63, 3.8) is 0 Å². The summed E-state index contributed by atoms with van der Waals surface area (Å²) in [4.78, 5) is 13.2. The van der Waals surface area contributed by atoms with E-state index in [1.807, 2.05) is 6.07 Å². The SMILES string of the molecule is CC(CCN(CC(=O)O)C1CCCC1)c1ccccc1. The van der Waals surface area contributed by atoms with Crippen molar-refractivity contribution in [3.8, 4) is 0 Å². The standard InChI is InChI=1S/C17H25NO2/c1-14(15-7-3-2-4-8-15)11-12-18(13-17(19)20)16-9-5-6-10-16/h2-4,7-8,14,16H,5-6,9-13H2,1H3,(H,19,20). The number of carbonyl (C=O) groups is 1. The van der Waals surface area contributed by atoms with Crippen LogP contribution in [0.4, 0.5) is 0 Å². The van der Waals surface area contributed by atoms with Gasteiger partial charge in [-0.05, 0) is 37.3 Å². The number of carboxylic acids is 1. The van der Waals surface area contributed by atoms with Crippen molar-refractivity contribution in [2.24, 2.45) is 0 Å². The molecule has 1 aromatic carbocycles. The zero-order valence-corrected chi connectivity index (χ0v) is 12.3. The van der Waals surface area contributed by atoms with Crippen LogP contribution in [0.5, 0.6) is 0 Å². The molecule has 0 radical (unpaired) electrons. The van der Waals surface area contributed by atoms with Gasteiger partial charge in [-0.25, -0.2) is 0 Å². The van der Waals surface area contributed by atoms with Crippen molar-refractivity contribution in [2.75, 3.05) is 13.1 Å². The molecule has 110 valence electrons. The first-order valence-corrected chi connectivity index (χ1v) is 7.67. The van der Waals surface area contributed by atoms with Crippen molar-refractivity contribution < 1.29 is 9.90 Å². The normalized spacial score (nSPS) is 17.5. The number of rotatable bonds is 7. The summed E-state index contributed by atoms with van der Waals surface area (Å²) in [5.41, 5.74) is 1.34. The van der Waals surface area contributed by atoms with Crippen LogP contribution in [-0.4, -0.2) is 35.1 Å². The minimum absolute atomic E-state index is 0.187. The van der Waals surface area contributed by atoms with Gasteiger partial charge in [0, 0.05) is 6.04 Å². The summed E-state index contributed by atoms with van der Waals surface area (Å²) in [6.07, 6.45) is 5.83. The van der Waals surface area contributed by atoms with Gasteiger partial charge in [0.05, 0.1) is 6.54 Å². The Morgan fingerprint density at radius 1 is 1.30 bits per heavy atom. The van der Waals surface area contributed by atoms with Crippen LogP contribution in [0.1, 0.15) is 50.5 Å². The van der Waals surface area contributed by atoms with E-state index in [1.54, 1.807) is 0 Å². The average Bonchev–Trinajstić information content (AvgIpc) is 2.97. The Morgan fingerprint density at radius 2 is 1.95 bits per heavy atom. The van der Waals surface area contributed by atoms with Gasteiger partial charge in [0.2, 0.25) is 0 Å². The Balaban J connectivity index is 1.89. The molecule has 1 atom stereocenters. The molecule has 0 aromatic heterocycles. The van der Waals surface area contributed by atoms with Gasteiger partial charge in [0.15, 0.2) is 0 Å². The van der Waals surface area contributed by atoms with E-state index in [4.69, 9.17) is 5.11 Å². The predicted molar refractivity (Wildman–Crippen MR) is 80.9 cm³/mol. The van der Waals surface area contributed by atoms with Crippen LogP contribution in [0.25, 0.3) is 0 Å². The van der Waals surface area contributed by atoms with Gasteiger partial charge in [0.25, 0.3) is 0 Å². The molecule has 20 heavy (non-hydrogen) atoms. The maximum Gasteiger partial charge on any atom is 0.317 e. The van der Waals surface area contributed by atoms with E-state index >= 15 is 0 Å². The third-order valence-electron chi connectivity index (χ3n) is 4.40. The number of hydrogen-bond donors (Lipinski definition) is 1. The summed E-state index contributed by atoms with van der Waals surface area (Å²) in [6, 6.07) is 11.0. The van der Waals surface area contributed by atoms with Gasteiger partial charge >= 0.3 is 5.97 Å². The lowest BCUT2D eigenvalue weighted by molar-refractivity contribution is -0.138. The number of hydrogen-bond acceptors (Lipinski definition) is 2. The second kappa shape index (κ2) is 7.44. The highest BCUT2D eigenvalue weighted by atomic mass is 16.4. The van der Waals surface area contributed by atoms with Gasteiger partial charge in [-0.15, -0.1) is 0 Å². The second-order valence-corrected chi connectivity index (χ2v) is 5.90. The topological polar surface area (TPSA) is 40.5 Å². The van der Waals surface area contributed by atoms with Crippen molar-refractivity contribution in [1.82, 2.24) is 4.90 Å². The van der Waals surface area contributed by atoms with E-state index in [1.165, 1.54) is 18.4 Å². The van der Waals surface area contributed by atoms with E-state index in [2.05, 4.69) is 36.1 Å². The zero-order chi connectivity index (χ0) is 14.4. The lowest BCUT2D eigenvalue weighted by Gasteiger charge is -2.28. The van der Waals surface area contributed by atoms with Crippen LogP contribution in [0.15, 0.2) is 30.3 Å². The van der Waals surface area contributed by atoms with Gasteiger partial charge in [0.1, 0.15) is 0 Å². The van der Waals surface area contributed by atoms with Gasteiger partial charge in [-0.3, -0.25) is 9.69 Å². The molecule has 1 aliphatic carbocycles. The molecule has 1 aromatic rings. The third kappa shape index (κ3) is 4.34. The lowest BCUT2D eigenvalue weighted by Crippen LogP contribution is -2.38. The molecule has 0 spiro atoms. The largest absolute Gasteiger partial charge is 0.480 e. The Hall–Kier alpha value is -1.35. The van der Waals surface area contributed by atoms with Crippen LogP contribution < -0.4 is 0 Å². The molecular formula is C17H25NO2. The highest BCUT2D eigenvalue weighted by Crippen LogP contribution is 2.25. The Bertz CT molecular complexity index is 412. The fourth-order valence-corrected chi connectivity index (χ4v) is 3.14. The maximum atomic E-state index is 11.0. The van der Waals surface area contributed by atoms with Crippen LogP contribution in [-0.2, 0) is 4.79 Å². The Labute approximate surface area is 121 Å². The number of benzene rings is 1. The monoisotopic (exact) mass is 275 g/mol. The summed E-state index contributed by atoms with van der Waals surface area (Å²) in [5, 5.41) is 9.08. The van der Waals surface area contributed by atoms with E-state index in [-0.39, 0.29) is 6.54 Å². The summed E-state index contributed by atoms with van der Waals surface area (Å²) >= 11 is 0. The van der Waals surface area contributed by atoms with Gasteiger partial charge < -0.3 is 5.11 Å². The zero-order valence-electron chi connectivity index (χ0n) is 12.3. The second-order valence-electron chi connectivity index (χ2n) is 5.90. The summed E-state index contributed by atoms with van der Waals surface area (Å²) in [5.74, 6) is -0.224. The van der Waals surface area contributed by atoms with Crippen LogP contribution in [0.3, 0.4) is 0 Å². The Morgan fingerprint density at radius 3 is 2.55 bits per heavy atom. The van der Waals surface area contributed by atoms with Crippen LogP contribution >= 0.6 is 0 Å². The number of aliphatic carboxylic acids is 1. The fourth-order valence-electron chi connectivity index (χ4n) is 3.14. The van der Waals surface area contributed by atoms with Crippen molar-refractivity contribution in [2.45, 2.75) is 51.0 Å². The highest BCUT2D eigenvalue weighted by Gasteiger charge is 2.24. The summed E-state index contributed by atoms with van der Waals surface area (Å²) in [7, 11) is 0. The van der Waals surface area contributed by atoms with Crippen molar-refractivity contribution in [3.05, 3.63) is 35.9 Å². The first kappa shape index (κ1) is 15.0. The first-order valence-electron chi connectivity index (χ1n) is 7.67. The smallest absolute Gasteiger partial charge is 0.317 e. The third-order valence-corrected chi connectivity index (χ3v) is 4.40. The van der Waals surface area contributed by atoms with Gasteiger partial charge in [-0.1, -0.05) is 50.1 Å². The van der Waals surface area contributed by atoms with Crippen molar-refractivity contribution in [1.29, 1.82) is 0 Å². The van der Waals surface area contributed by atoms with E-state index < -0.39 is 5.97 Å². The molecule has 0 aliphatic heterocycles. The number of carboxylic acid groups (broad SMARTS) is 1. The average molecular weight is 275 g/mol. The molecule has 0 saturated heterocycles. The summed E-state index contributed by atoms with van der Waals surface area (Å²) < 4.78 is 0. The quantitative estimate of drug-likeness (QED) is 0.828.